The maximum atomic E-state index is 12.5. The van der Waals surface area contributed by atoms with Gasteiger partial charge >= 0.3 is 5.97 Å². The van der Waals surface area contributed by atoms with Crippen LogP contribution in [0.5, 0.6) is 5.75 Å². The lowest BCUT2D eigenvalue weighted by Crippen LogP contribution is -2.32. The Labute approximate surface area is 166 Å². The van der Waals surface area contributed by atoms with Crippen LogP contribution in [0.3, 0.4) is 0 Å². The molecule has 1 unspecified atom stereocenters. The summed E-state index contributed by atoms with van der Waals surface area (Å²) in [5.41, 5.74) is 1.47. The van der Waals surface area contributed by atoms with E-state index in [1.54, 1.807) is 18.2 Å². The highest BCUT2D eigenvalue weighted by Crippen LogP contribution is 2.30. The Morgan fingerprint density at radius 2 is 2.00 bits per heavy atom. The van der Waals surface area contributed by atoms with Crippen LogP contribution in [-0.4, -0.2) is 44.2 Å². The maximum Gasteiger partial charge on any atom is 0.341 e. The van der Waals surface area contributed by atoms with Crippen LogP contribution in [0.15, 0.2) is 47.4 Å². The highest BCUT2D eigenvalue weighted by molar-refractivity contribution is 7.89. The SMILES string of the molecule is O=C(O)COc1ccc2c(c1)CCOC2CNS(=O)(=O)c1ccc([N+](=O)[O-])cc1. The number of nitrogens with one attached hydrogen (secondary N) is 1. The maximum absolute atomic E-state index is 12.5. The molecule has 1 atom stereocenters. The van der Waals surface area contributed by atoms with Crippen LogP contribution in [0.25, 0.3) is 0 Å². The zero-order valence-electron chi connectivity index (χ0n) is 15.1. The summed E-state index contributed by atoms with van der Waals surface area (Å²) in [5.74, 6) is -0.664. The number of aliphatic carboxylic acids is 1. The molecule has 0 aliphatic carbocycles. The number of fused-ring (bicyclic) bond motifs is 1. The number of rotatable bonds is 8. The molecule has 2 N–H and O–H groups in total. The first-order chi connectivity index (χ1) is 13.8. The molecule has 1 aliphatic rings. The highest BCUT2D eigenvalue weighted by atomic mass is 32.2. The zero-order valence-corrected chi connectivity index (χ0v) is 15.9. The number of nitro groups is 1. The van der Waals surface area contributed by atoms with Gasteiger partial charge in [0.15, 0.2) is 6.61 Å². The van der Waals surface area contributed by atoms with Crippen molar-refractivity contribution in [2.24, 2.45) is 0 Å². The van der Waals surface area contributed by atoms with Crippen molar-refractivity contribution < 1.29 is 32.7 Å². The van der Waals surface area contributed by atoms with E-state index >= 15 is 0 Å². The van der Waals surface area contributed by atoms with Crippen LogP contribution in [0.4, 0.5) is 5.69 Å². The van der Waals surface area contributed by atoms with Gasteiger partial charge in [-0.3, -0.25) is 10.1 Å². The largest absolute Gasteiger partial charge is 0.482 e. The molecule has 3 rings (SSSR count). The van der Waals surface area contributed by atoms with Crippen LogP contribution in [0.2, 0.25) is 0 Å². The first-order valence-corrected chi connectivity index (χ1v) is 10.1. The fourth-order valence-electron chi connectivity index (χ4n) is 2.93. The van der Waals surface area contributed by atoms with E-state index in [2.05, 4.69) is 4.72 Å². The van der Waals surface area contributed by atoms with Gasteiger partial charge in [-0.2, -0.15) is 0 Å². The van der Waals surface area contributed by atoms with Crippen LogP contribution >= 0.6 is 0 Å². The van der Waals surface area contributed by atoms with Crippen LogP contribution in [-0.2, 0) is 26.0 Å². The van der Waals surface area contributed by atoms with Crippen molar-refractivity contribution in [2.45, 2.75) is 17.4 Å². The lowest BCUT2D eigenvalue weighted by atomic mass is 9.97. The Hall–Kier alpha value is -3.02. The molecule has 1 heterocycles. The predicted octanol–water partition coefficient (Wildman–Crippen LogP) is 1.65. The topological polar surface area (TPSA) is 145 Å². The van der Waals surface area contributed by atoms with Gasteiger partial charge in [-0.15, -0.1) is 0 Å². The van der Waals surface area contributed by atoms with Gasteiger partial charge in [0.1, 0.15) is 5.75 Å². The summed E-state index contributed by atoms with van der Waals surface area (Å²) >= 11 is 0. The minimum Gasteiger partial charge on any atom is -0.482 e. The Kier molecular flexibility index (Phi) is 6.11. The van der Waals surface area contributed by atoms with Gasteiger partial charge in [0.05, 0.1) is 22.5 Å². The van der Waals surface area contributed by atoms with Gasteiger partial charge in [-0.05, 0) is 41.8 Å². The number of benzene rings is 2. The van der Waals surface area contributed by atoms with E-state index < -0.39 is 33.6 Å². The molecule has 11 heteroatoms. The third-order valence-electron chi connectivity index (χ3n) is 4.33. The van der Waals surface area contributed by atoms with Crippen LogP contribution in [0, 0.1) is 10.1 Å². The van der Waals surface area contributed by atoms with Crippen molar-refractivity contribution in [3.63, 3.8) is 0 Å². The first kappa shape index (κ1) is 20.7. The molecule has 154 valence electrons. The molecule has 0 aromatic heterocycles. The third-order valence-corrected chi connectivity index (χ3v) is 5.77. The average Bonchev–Trinajstić information content (AvgIpc) is 2.70. The number of hydrogen-bond donors (Lipinski definition) is 2. The van der Waals surface area contributed by atoms with Gasteiger partial charge < -0.3 is 14.6 Å². The Morgan fingerprint density at radius 3 is 2.66 bits per heavy atom. The smallest absolute Gasteiger partial charge is 0.341 e. The van der Waals surface area contributed by atoms with Crippen molar-refractivity contribution in [1.82, 2.24) is 4.72 Å². The molecule has 0 bridgehead atoms. The van der Waals surface area contributed by atoms with Crippen molar-refractivity contribution in [3.8, 4) is 5.75 Å². The van der Waals surface area contributed by atoms with Gasteiger partial charge in [-0.1, -0.05) is 6.07 Å². The molecular formula is C18H18N2O8S. The minimum absolute atomic E-state index is 0.0261. The second-order valence-electron chi connectivity index (χ2n) is 6.26. The molecule has 0 saturated heterocycles. The summed E-state index contributed by atoms with van der Waals surface area (Å²) in [7, 11) is -3.87. The Balaban J connectivity index is 1.70. The molecule has 0 amide bonds. The lowest BCUT2D eigenvalue weighted by molar-refractivity contribution is -0.384. The second kappa shape index (κ2) is 8.55. The van der Waals surface area contributed by atoms with Gasteiger partial charge in [0, 0.05) is 18.7 Å². The van der Waals surface area contributed by atoms with E-state index in [-0.39, 0.29) is 17.1 Å². The van der Waals surface area contributed by atoms with Crippen LogP contribution in [0.1, 0.15) is 17.2 Å². The second-order valence-corrected chi connectivity index (χ2v) is 8.02. The fourth-order valence-corrected chi connectivity index (χ4v) is 3.96. The highest BCUT2D eigenvalue weighted by Gasteiger charge is 2.24. The van der Waals surface area contributed by atoms with Gasteiger partial charge in [0.25, 0.3) is 5.69 Å². The van der Waals surface area contributed by atoms with Crippen LogP contribution < -0.4 is 9.46 Å². The van der Waals surface area contributed by atoms with Crippen molar-refractivity contribution in [3.05, 3.63) is 63.7 Å². The fraction of sp³-hybridized carbons (Fsp3) is 0.278. The number of hydrogen-bond acceptors (Lipinski definition) is 7. The summed E-state index contributed by atoms with van der Waals surface area (Å²) in [6.07, 6.45) is 0.0608. The first-order valence-electron chi connectivity index (χ1n) is 8.59. The number of nitrogens with zero attached hydrogens (tertiary/aromatic N) is 1. The van der Waals surface area contributed by atoms with E-state index in [4.69, 9.17) is 14.6 Å². The molecule has 29 heavy (non-hydrogen) atoms. The van der Waals surface area contributed by atoms with E-state index in [0.717, 1.165) is 23.3 Å². The normalized spacial score (nSPS) is 16.1. The molecule has 0 saturated carbocycles. The number of non-ortho nitro benzene ring substituents is 1. The molecule has 10 nitrogen and oxygen atoms in total. The van der Waals surface area contributed by atoms with E-state index in [1.165, 1.54) is 12.1 Å². The van der Waals surface area contributed by atoms with E-state index in [9.17, 15) is 23.3 Å². The van der Waals surface area contributed by atoms with Gasteiger partial charge in [-0.25, -0.2) is 17.9 Å². The molecule has 0 fully saturated rings. The molecule has 1 aliphatic heterocycles. The molecular weight excluding hydrogens is 404 g/mol. The van der Waals surface area contributed by atoms with Crippen molar-refractivity contribution >= 4 is 21.7 Å². The summed E-state index contributed by atoms with van der Waals surface area (Å²) in [6, 6.07) is 9.63. The Bertz CT molecular complexity index is 1020. The average molecular weight is 422 g/mol. The number of ether oxygens (including phenoxy) is 2. The van der Waals surface area contributed by atoms with E-state index in [0.29, 0.717) is 18.8 Å². The molecule has 0 radical (unpaired) electrons. The third kappa shape index (κ3) is 5.08. The summed E-state index contributed by atoms with van der Waals surface area (Å²) in [5, 5.41) is 19.4. The minimum atomic E-state index is -3.87. The summed E-state index contributed by atoms with van der Waals surface area (Å²) in [6.45, 7) is -0.102. The molecule has 0 spiro atoms. The van der Waals surface area contributed by atoms with E-state index in [1.807, 2.05) is 0 Å². The number of carbonyl (C=O) groups is 1. The number of sulfonamides is 1. The monoisotopic (exact) mass is 422 g/mol. The molecule has 2 aromatic carbocycles. The van der Waals surface area contributed by atoms with Gasteiger partial charge in [0.2, 0.25) is 10.0 Å². The number of nitro benzene ring substituents is 1. The number of carboxylic acids is 1. The standard InChI is InChI=1S/C18H18N2O8S/c21-18(22)11-28-14-3-6-16-12(9-14)7-8-27-17(16)10-19-29(25,26)15-4-1-13(2-5-15)20(23)24/h1-6,9,17,19H,7-8,10-11H2,(H,21,22). The summed E-state index contributed by atoms with van der Waals surface area (Å²) in [4.78, 5) is 20.6. The zero-order chi connectivity index (χ0) is 21.0. The quantitative estimate of drug-likeness (QED) is 0.482. The summed E-state index contributed by atoms with van der Waals surface area (Å²) < 4.78 is 38.2. The predicted molar refractivity (Wildman–Crippen MR) is 100 cm³/mol. The van der Waals surface area contributed by atoms with Crippen molar-refractivity contribution in [2.75, 3.05) is 19.8 Å². The number of carboxylic acid groups (broad SMARTS) is 1. The molecule has 2 aromatic rings. The van der Waals surface area contributed by atoms with Crippen molar-refractivity contribution in [1.29, 1.82) is 0 Å². The Morgan fingerprint density at radius 1 is 1.28 bits per heavy atom. The lowest BCUT2D eigenvalue weighted by Gasteiger charge is -2.26.